The minimum absolute atomic E-state index is 0.112. The molecule has 106 valence electrons. The lowest BCUT2D eigenvalue weighted by molar-refractivity contribution is -0.121. The number of nitrogens with one attached hydrogen (secondary N) is 1. The lowest BCUT2D eigenvalue weighted by Crippen LogP contribution is -2.34. The number of amides is 1. The van der Waals surface area contributed by atoms with Gasteiger partial charge in [-0.25, -0.2) is 0 Å². The van der Waals surface area contributed by atoms with E-state index in [4.69, 9.17) is 5.73 Å². The van der Waals surface area contributed by atoms with Crippen LogP contribution in [-0.2, 0) is 11.3 Å². The SMILES string of the molecule is CCN(CCC(=O)NC(C)C)Cc1cccc(N)c1. The van der Waals surface area contributed by atoms with Crippen LogP contribution in [0.1, 0.15) is 32.8 Å². The normalized spacial score (nSPS) is 11.0. The van der Waals surface area contributed by atoms with Crippen LogP contribution in [0.2, 0.25) is 0 Å². The molecule has 19 heavy (non-hydrogen) atoms. The van der Waals surface area contributed by atoms with Crippen molar-refractivity contribution in [2.75, 3.05) is 18.8 Å². The summed E-state index contributed by atoms with van der Waals surface area (Å²) in [7, 11) is 0. The molecule has 0 bridgehead atoms. The van der Waals surface area contributed by atoms with Gasteiger partial charge in [0.2, 0.25) is 5.91 Å². The van der Waals surface area contributed by atoms with E-state index in [2.05, 4.69) is 23.2 Å². The zero-order valence-electron chi connectivity index (χ0n) is 12.1. The van der Waals surface area contributed by atoms with E-state index < -0.39 is 0 Å². The van der Waals surface area contributed by atoms with E-state index in [1.807, 2.05) is 32.0 Å². The Labute approximate surface area is 116 Å². The van der Waals surface area contributed by atoms with Gasteiger partial charge in [0.1, 0.15) is 0 Å². The van der Waals surface area contributed by atoms with Gasteiger partial charge in [-0.2, -0.15) is 0 Å². The third kappa shape index (κ3) is 6.25. The molecule has 3 N–H and O–H groups in total. The summed E-state index contributed by atoms with van der Waals surface area (Å²) >= 11 is 0. The summed E-state index contributed by atoms with van der Waals surface area (Å²) in [6, 6.07) is 8.10. The van der Waals surface area contributed by atoms with Gasteiger partial charge < -0.3 is 11.1 Å². The maximum Gasteiger partial charge on any atom is 0.221 e. The van der Waals surface area contributed by atoms with Crippen LogP contribution in [0, 0.1) is 0 Å². The summed E-state index contributed by atoms with van der Waals surface area (Å²) in [4.78, 5) is 13.9. The van der Waals surface area contributed by atoms with E-state index in [0.717, 1.165) is 25.3 Å². The van der Waals surface area contributed by atoms with E-state index in [9.17, 15) is 4.79 Å². The van der Waals surface area contributed by atoms with Crippen LogP contribution in [-0.4, -0.2) is 29.9 Å². The van der Waals surface area contributed by atoms with Crippen molar-refractivity contribution >= 4 is 11.6 Å². The number of carbonyl (C=O) groups is 1. The number of hydrogen-bond acceptors (Lipinski definition) is 3. The zero-order valence-corrected chi connectivity index (χ0v) is 12.1. The molecule has 0 aromatic heterocycles. The van der Waals surface area contributed by atoms with Crippen LogP contribution in [0.25, 0.3) is 0 Å². The summed E-state index contributed by atoms with van der Waals surface area (Å²) in [6.45, 7) is 8.57. The molecule has 0 aliphatic carbocycles. The second-order valence-corrected chi connectivity index (χ2v) is 5.09. The van der Waals surface area contributed by atoms with Crippen LogP contribution in [0.3, 0.4) is 0 Å². The largest absolute Gasteiger partial charge is 0.399 e. The number of nitrogens with zero attached hydrogens (tertiary/aromatic N) is 1. The van der Waals surface area contributed by atoms with Gasteiger partial charge in [-0.05, 0) is 38.1 Å². The Balaban J connectivity index is 2.43. The molecule has 0 radical (unpaired) electrons. The molecule has 0 unspecified atom stereocenters. The molecule has 1 amide bonds. The van der Waals surface area contributed by atoms with Crippen LogP contribution in [0.5, 0.6) is 0 Å². The van der Waals surface area contributed by atoms with Gasteiger partial charge in [0.15, 0.2) is 0 Å². The molecule has 0 fully saturated rings. The quantitative estimate of drug-likeness (QED) is 0.740. The molecular formula is C15H25N3O. The molecule has 0 atom stereocenters. The topological polar surface area (TPSA) is 58.4 Å². The maximum absolute atomic E-state index is 11.6. The summed E-state index contributed by atoms with van der Waals surface area (Å²) in [5, 5.41) is 2.91. The highest BCUT2D eigenvalue weighted by molar-refractivity contribution is 5.76. The van der Waals surface area contributed by atoms with Crippen molar-refractivity contribution in [1.82, 2.24) is 10.2 Å². The average molecular weight is 263 g/mol. The minimum atomic E-state index is 0.112. The number of nitrogen functional groups attached to an aromatic ring is 1. The van der Waals surface area contributed by atoms with Gasteiger partial charge in [0, 0.05) is 31.2 Å². The van der Waals surface area contributed by atoms with Gasteiger partial charge in [0.05, 0.1) is 0 Å². The molecule has 1 aromatic carbocycles. The van der Waals surface area contributed by atoms with Crippen molar-refractivity contribution in [3.8, 4) is 0 Å². The van der Waals surface area contributed by atoms with E-state index >= 15 is 0 Å². The first-order valence-electron chi connectivity index (χ1n) is 6.87. The van der Waals surface area contributed by atoms with Crippen LogP contribution in [0.15, 0.2) is 24.3 Å². The number of carbonyl (C=O) groups excluding carboxylic acids is 1. The highest BCUT2D eigenvalue weighted by Crippen LogP contribution is 2.09. The van der Waals surface area contributed by atoms with E-state index in [1.165, 1.54) is 5.56 Å². The van der Waals surface area contributed by atoms with Crippen LogP contribution >= 0.6 is 0 Å². The Bertz CT molecular complexity index is 404. The average Bonchev–Trinajstić information content (AvgIpc) is 2.33. The Morgan fingerprint density at radius 1 is 1.42 bits per heavy atom. The minimum Gasteiger partial charge on any atom is -0.399 e. The maximum atomic E-state index is 11.6. The lowest BCUT2D eigenvalue weighted by Gasteiger charge is -2.20. The van der Waals surface area contributed by atoms with Crippen molar-refractivity contribution in [2.24, 2.45) is 0 Å². The van der Waals surface area contributed by atoms with Crippen molar-refractivity contribution in [1.29, 1.82) is 0 Å². The molecule has 1 rings (SSSR count). The van der Waals surface area contributed by atoms with E-state index in [1.54, 1.807) is 0 Å². The molecule has 0 aliphatic heterocycles. The van der Waals surface area contributed by atoms with Gasteiger partial charge in [0.25, 0.3) is 0 Å². The second-order valence-electron chi connectivity index (χ2n) is 5.09. The molecule has 0 spiro atoms. The molecular weight excluding hydrogens is 238 g/mol. The van der Waals surface area contributed by atoms with Crippen molar-refractivity contribution < 1.29 is 4.79 Å². The number of benzene rings is 1. The number of nitrogens with two attached hydrogens (primary N) is 1. The predicted octanol–water partition coefficient (Wildman–Crippen LogP) is 2.01. The Kier molecular flexibility index (Phi) is 6.36. The highest BCUT2D eigenvalue weighted by Gasteiger charge is 2.08. The van der Waals surface area contributed by atoms with Gasteiger partial charge >= 0.3 is 0 Å². The summed E-state index contributed by atoms with van der Waals surface area (Å²) in [6.07, 6.45) is 0.536. The van der Waals surface area contributed by atoms with Crippen LogP contribution < -0.4 is 11.1 Å². The third-order valence-corrected chi connectivity index (χ3v) is 2.91. The highest BCUT2D eigenvalue weighted by atomic mass is 16.1. The van der Waals surface area contributed by atoms with Crippen molar-refractivity contribution in [3.63, 3.8) is 0 Å². The van der Waals surface area contributed by atoms with E-state index in [-0.39, 0.29) is 11.9 Å². The number of anilines is 1. The first kappa shape index (κ1) is 15.5. The van der Waals surface area contributed by atoms with Crippen LogP contribution in [0.4, 0.5) is 5.69 Å². The first-order chi connectivity index (χ1) is 9.01. The number of rotatable bonds is 7. The second kappa shape index (κ2) is 7.79. The Morgan fingerprint density at radius 3 is 2.74 bits per heavy atom. The zero-order chi connectivity index (χ0) is 14.3. The van der Waals surface area contributed by atoms with Gasteiger partial charge in [-0.1, -0.05) is 19.1 Å². The predicted molar refractivity (Wildman–Crippen MR) is 79.7 cm³/mol. The molecule has 0 saturated heterocycles. The summed E-state index contributed by atoms with van der Waals surface area (Å²) < 4.78 is 0. The molecule has 0 saturated carbocycles. The molecule has 1 aromatic rings. The third-order valence-electron chi connectivity index (χ3n) is 2.91. The van der Waals surface area contributed by atoms with Gasteiger partial charge in [-0.3, -0.25) is 9.69 Å². The van der Waals surface area contributed by atoms with Crippen molar-refractivity contribution in [2.45, 2.75) is 39.8 Å². The summed E-state index contributed by atoms with van der Waals surface area (Å²) in [5.41, 5.74) is 7.74. The van der Waals surface area contributed by atoms with Gasteiger partial charge in [-0.15, -0.1) is 0 Å². The molecule has 0 aliphatic rings. The first-order valence-corrected chi connectivity index (χ1v) is 6.87. The van der Waals surface area contributed by atoms with Crippen molar-refractivity contribution in [3.05, 3.63) is 29.8 Å². The Hall–Kier alpha value is -1.55. The Morgan fingerprint density at radius 2 is 2.16 bits per heavy atom. The standard InChI is InChI=1S/C15H25N3O/c1-4-18(9-8-15(19)17-12(2)3)11-13-6-5-7-14(16)10-13/h5-7,10,12H,4,8-9,11,16H2,1-3H3,(H,17,19). The molecule has 4 heteroatoms. The smallest absolute Gasteiger partial charge is 0.221 e. The molecule has 0 heterocycles. The fourth-order valence-corrected chi connectivity index (χ4v) is 1.95. The van der Waals surface area contributed by atoms with E-state index in [0.29, 0.717) is 6.42 Å². The number of hydrogen-bond donors (Lipinski definition) is 2. The fraction of sp³-hybridized carbons (Fsp3) is 0.533. The lowest BCUT2D eigenvalue weighted by atomic mass is 10.2. The molecule has 4 nitrogen and oxygen atoms in total. The fourth-order valence-electron chi connectivity index (χ4n) is 1.95. The summed E-state index contributed by atoms with van der Waals surface area (Å²) in [5.74, 6) is 0.112. The monoisotopic (exact) mass is 263 g/mol.